The summed E-state index contributed by atoms with van der Waals surface area (Å²) in [4.78, 5) is 84.1. The van der Waals surface area contributed by atoms with Crippen molar-refractivity contribution in [3.63, 3.8) is 0 Å². The Morgan fingerprint density at radius 1 is 0.886 bits per heavy atom. The SMILES string of the molecule is Cc1nc2ccc(-c3ccnc(N)c3)nc2n1-c1ccc(N2CCN(CC#Cc3cncc(N4CCC(C(=O)N5CCC(n6cc(CNc7cccc8c7C(O)N(C7CCC(=O)NC7=O)C8=O)cn6)CC5)CC4)n3)CC2)c(F)c1. The molecule has 0 spiro atoms. The van der Waals surface area contributed by atoms with Crippen molar-refractivity contribution in [2.45, 2.75) is 70.3 Å². The third kappa shape index (κ3) is 10.3. The van der Waals surface area contributed by atoms with Gasteiger partial charge in [-0.25, -0.2) is 24.3 Å². The van der Waals surface area contributed by atoms with Gasteiger partial charge in [-0.2, -0.15) is 5.10 Å². The number of piperazine rings is 1. The van der Waals surface area contributed by atoms with Crippen LogP contribution in [0.4, 0.5) is 27.4 Å². The van der Waals surface area contributed by atoms with E-state index in [1.165, 1.54) is 0 Å². The molecule has 0 radical (unpaired) electrons. The first kappa shape index (κ1) is 51.0. The summed E-state index contributed by atoms with van der Waals surface area (Å²) in [5.41, 5.74) is 12.8. The second kappa shape index (κ2) is 21.5. The predicted octanol–water partition coefficient (Wildman–Crippen LogP) is 4.62. The molecule has 5 N–H and O–H groups in total. The topological polar surface area (TPSA) is 242 Å². The first-order valence-electron chi connectivity index (χ1n) is 26.9. The minimum atomic E-state index is -1.34. The third-order valence-corrected chi connectivity index (χ3v) is 15.9. The Balaban J connectivity index is 0.583. The molecule has 4 fully saturated rings. The van der Waals surface area contributed by atoms with Crippen LogP contribution in [-0.2, 0) is 20.9 Å². The minimum Gasteiger partial charge on any atom is -0.384 e. The fourth-order valence-corrected chi connectivity index (χ4v) is 11.7. The van der Waals surface area contributed by atoms with Crippen LogP contribution in [0, 0.1) is 30.5 Å². The zero-order valence-corrected chi connectivity index (χ0v) is 43.6. The number of nitrogens with zero attached hydrogens (tertiary/aromatic N) is 13. The van der Waals surface area contributed by atoms with Crippen molar-refractivity contribution in [3.05, 3.63) is 126 Å². The number of carbonyl (C=O) groups excluding carboxylic acids is 4. The number of halogens is 1. The first-order chi connectivity index (χ1) is 38.4. The highest BCUT2D eigenvalue weighted by Gasteiger charge is 2.45. The summed E-state index contributed by atoms with van der Waals surface area (Å²) < 4.78 is 19.7. The van der Waals surface area contributed by atoms with Crippen LogP contribution in [-0.4, -0.2) is 148 Å². The molecule has 4 saturated heterocycles. The van der Waals surface area contributed by atoms with E-state index < -0.39 is 30.0 Å². The van der Waals surface area contributed by atoms with Crippen molar-refractivity contribution in [2.24, 2.45) is 5.92 Å². The number of nitrogens with two attached hydrogens (primary N) is 1. The maximum absolute atomic E-state index is 15.9. The van der Waals surface area contributed by atoms with Crippen LogP contribution < -0.4 is 26.2 Å². The normalized spacial score (nSPS) is 19.4. The molecule has 0 bridgehead atoms. The molecule has 0 saturated carbocycles. The molecule has 5 aliphatic rings. The van der Waals surface area contributed by atoms with E-state index in [0.717, 1.165) is 66.3 Å². The van der Waals surface area contributed by atoms with Crippen molar-refractivity contribution < 1.29 is 28.7 Å². The molecule has 12 rings (SSSR count). The molecule has 2 aromatic carbocycles. The number of hydrogen-bond acceptors (Lipinski definition) is 16. The minimum absolute atomic E-state index is 0.0643. The quantitative estimate of drug-likeness (QED) is 0.102. The molecule has 22 heteroatoms. The Hall–Kier alpha value is -8.81. The molecule has 404 valence electrons. The molecule has 5 aliphatic heterocycles. The van der Waals surface area contributed by atoms with Crippen molar-refractivity contribution in [2.75, 3.05) is 79.8 Å². The number of anilines is 4. The largest absolute Gasteiger partial charge is 0.384 e. The number of aliphatic hydroxyl groups excluding tert-OH is 1. The number of carbonyl (C=O) groups is 4. The zero-order valence-electron chi connectivity index (χ0n) is 43.6. The highest BCUT2D eigenvalue weighted by Crippen LogP contribution is 2.40. The molecule has 7 aromatic rings. The number of piperidine rings is 3. The number of nitrogen functional groups attached to an aromatic ring is 1. The van der Waals surface area contributed by atoms with E-state index in [1.54, 1.807) is 55.1 Å². The van der Waals surface area contributed by atoms with E-state index in [-0.39, 0.29) is 36.5 Å². The highest BCUT2D eigenvalue weighted by molar-refractivity contribution is 6.06. The molecule has 2 unspecified atom stereocenters. The Kier molecular flexibility index (Phi) is 13.9. The van der Waals surface area contributed by atoms with Gasteiger partial charge in [0.15, 0.2) is 11.9 Å². The summed E-state index contributed by atoms with van der Waals surface area (Å²) in [7, 11) is 0. The Labute approximate surface area is 454 Å². The standard InChI is InChI=1S/C57H59FN16O5/c1-35-64-46-9-8-44(38-13-18-61-49(59)28-38)66-53(46)73(35)41-7-10-47(43(58)29-41)69-26-24-68(25-27-69)19-3-4-39-32-60-33-50(65-39)70-20-14-37(15-21-70)55(77)71-22-16-40(17-23-71)72-34-36(31-63-72)30-62-45-6-2-5-42-52(45)57(79)74(56(42)78)48-11-12-51(75)67-54(48)76/h2,5-10,13,18,28-29,31-34,37,40,48,57,62,79H,11-12,14-17,19-27,30H2,1H3,(H2,59,61)(H,67,75,76). The Morgan fingerprint density at radius 2 is 1.71 bits per heavy atom. The molecule has 21 nitrogen and oxygen atoms in total. The van der Waals surface area contributed by atoms with Crippen molar-refractivity contribution in [1.29, 1.82) is 0 Å². The highest BCUT2D eigenvalue weighted by atomic mass is 19.1. The van der Waals surface area contributed by atoms with Gasteiger partial charge in [0, 0.05) is 118 Å². The Morgan fingerprint density at radius 3 is 2.49 bits per heavy atom. The lowest BCUT2D eigenvalue weighted by Crippen LogP contribution is -2.53. The van der Waals surface area contributed by atoms with Gasteiger partial charge in [0.05, 0.1) is 48.2 Å². The van der Waals surface area contributed by atoms with Gasteiger partial charge in [0.2, 0.25) is 17.7 Å². The van der Waals surface area contributed by atoms with E-state index in [0.29, 0.717) is 109 Å². The van der Waals surface area contributed by atoms with Crippen LogP contribution in [0.3, 0.4) is 0 Å². The summed E-state index contributed by atoms with van der Waals surface area (Å²) in [5.74, 6) is 6.72. The summed E-state index contributed by atoms with van der Waals surface area (Å²) in [6, 6.07) is 17.1. The van der Waals surface area contributed by atoms with Gasteiger partial charge in [-0.05, 0) is 93.5 Å². The number of amides is 4. The lowest BCUT2D eigenvalue weighted by molar-refractivity contribution is -0.140. The molecule has 5 aromatic heterocycles. The smallest absolute Gasteiger partial charge is 0.257 e. The first-order valence-corrected chi connectivity index (χ1v) is 26.9. The summed E-state index contributed by atoms with van der Waals surface area (Å²) in [6.45, 7) is 8.25. The fraction of sp³-hybridized carbons (Fsp3) is 0.368. The van der Waals surface area contributed by atoms with E-state index in [1.807, 2.05) is 57.6 Å². The maximum Gasteiger partial charge on any atom is 0.257 e. The molecule has 10 heterocycles. The number of aromatic nitrogens is 8. The number of rotatable bonds is 11. The Bertz CT molecular complexity index is 3570. The molecule has 4 amide bonds. The van der Waals surface area contributed by atoms with Crippen LogP contribution in [0.2, 0.25) is 0 Å². The van der Waals surface area contributed by atoms with Crippen LogP contribution >= 0.6 is 0 Å². The monoisotopic (exact) mass is 1070 g/mol. The second-order valence-corrected chi connectivity index (χ2v) is 20.8. The van der Waals surface area contributed by atoms with Crippen LogP contribution in [0.25, 0.3) is 28.1 Å². The summed E-state index contributed by atoms with van der Waals surface area (Å²) in [6.07, 6.45) is 10.8. The maximum atomic E-state index is 15.9. The van der Waals surface area contributed by atoms with Gasteiger partial charge in [-0.15, -0.1) is 0 Å². The molecular weight excluding hydrogens is 1010 g/mol. The average molecular weight is 1070 g/mol. The lowest BCUT2D eigenvalue weighted by atomic mass is 9.94. The lowest BCUT2D eigenvalue weighted by Gasteiger charge is -2.37. The molecular formula is C57H59FN16O5. The van der Waals surface area contributed by atoms with Gasteiger partial charge in [0.1, 0.15) is 40.5 Å². The number of nitrogens with one attached hydrogen (secondary N) is 2. The number of aliphatic hydroxyl groups is 1. The number of hydrogen-bond donors (Lipinski definition) is 4. The van der Waals surface area contributed by atoms with Gasteiger partial charge < -0.3 is 30.9 Å². The number of imidazole rings is 1. The van der Waals surface area contributed by atoms with Crippen molar-refractivity contribution in [1.82, 2.24) is 59.3 Å². The van der Waals surface area contributed by atoms with Gasteiger partial charge in [0.25, 0.3) is 5.91 Å². The molecule has 2 atom stereocenters. The number of benzene rings is 2. The van der Waals surface area contributed by atoms with Crippen LogP contribution in [0.15, 0.2) is 91.6 Å². The van der Waals surface area contributed by atoms with Gasteiger partial charge in [-0.1, -0.05) is 12.0 Å². The molecule has 0 aliphatic carbocycles. The van der Waals surface area contributed by atoms with Crippen molar-refractivity contribution >= 4 is 57.8 Å². The molecule has 79 heavy (non-hydrogen) atoms. The van der Waals surface area contributed by atoms with E-state index >= 15 is 4.39 Å². The van der Waals surface area contributed by atoms with Gasteiger partial charge in [-0.3, -0.25) is 48.5 Å². The van der Waals surface area contributed by atoms with E-state index in [2.05, 4.69) is 57.2 Å². The zero-order chi connectivity index (χ0) is 54.3. The number of fused-ring (bicyclic) bond motifs is 2. The van der Waals surface area contributed by atoms with Crippen molar-refractivity contribution in [3.8, 4) is 28.8 Å². The summed E-state index contributed by atoms with van der Waals surface area (Å²) in [5, 5.41) is 21.6. The van der Waals surface area contributed by atoms with Crippen LogP contribution in [0.5, 0.6) is 0 Å². The average Bonchev–Trinajstić information content (AvgIpc) is 4.32. The number of imide groups is 1. The van der Waals surface area contributed by atoms with E-state index in [4.69, 9.17) is 15.7 Å². The van der Waals surface area contributed by atoms with Crippen LogP contribution in [0.1, 0.15) is 83.8 Å². The van der Waals surface area contributed by atoms with E-state index in [9.17, 15) is 24.3 Å². The fourth-order valence-electron chi connectivity index (χ4n) is 11.7. The summed E-state index contributed by atoms with van der Waals surface area (Å²) >= 11 is 0. The number of pyridine rings is 2. The number of likely N-dealkylation sites (tertiary alicyclic amines) is 1. The van der Waals surface area contributed by atoms with Gasteiger partial charge >= 0.3 is 0 Å². The number of aryl methyl sites for hydroxylation is 1. The third-order valence-electron chi connectivity index (χ3n) is 15.9. The second-order valence-electron chi connectivity index (χ2n) is 20.8. The predicted molar refractivity (Wildman–Crippen MR) is 292 cm³/mol.